The summed E-state index contributed by atoms with van der Waals surface area (Å²) in [6.07, 6.45) is 2.38. The molecule has 0 aliphatic heterocycles. The van der Waals surface area contributed by atoms with E-state index in [1.54, 1.807) is 73.5 Å². The number of carbonyl (C=O) groups is 1. The summed E-state index contributed by atoms with van der Waals surface area (Å²) in [7, 11) is 3.15. The molecule has 0 saturated heterocycles. The highest BCUT2D eigenvalue weighted by Gasteiger charge is 2.16. The van der Waals surface area contributed by atoms with Crippen molar-refractivity contribution in [2.45, 2.75) is 20.3 Å². The van der Waals surface area contributed by atoms with Crippen molar-refractivity contribution in [1.29, 1.82) is 0 Å². The third kappa shape index (κ3) is 6.12. The van der Waals surface area contributed by atoms with Crippen LogP contribution in [0.3, 0.4) is 0 Å². The van der Waals surface area contributed by atoms with Crippen LogP contribution in [0.2, 0.25) is 0 Å². The number of nitrogens with two attached hydrogens (primary N) is 1. The van der Waals surface area contributed by atoms with E-state index in [4.69, 9.17) is 19.9 Å². The fourth-order valence-electron chi connectivity index (χ4n) is 3.89. The lowest BCUT2D eigenvalue weighted by Gasteiger charge is -2.13. The maximum atomic E-state index is 13.8. The molecule has 5 aromatic rings. The fourth-order valence-corrected chi connectivity index (χ4v) is 3.89. The Morgan fingerprint density at radius 3 is 2.33 bits per heavy atom. The molecule has 0 radical (unpaired) electrons. The molecule has 0 unspecified atom stereocenters. The molecule has 3 heterocycles. The minimum Gasteiger partial charge on any atom is -0.497 e. The van der Waals surface area contributed by atoms with Crippen molar-refractivity contribution in [3.63, 3.8) is 0 Å². The van der Waals surface area contributed by atoms with Gasteiger partial charge in [-0.2, -0.15) is 9.61 Å². The van der Waals surface area contributed by atoms with Crippen LogP contribution in [0.25, 0.3) is 16.9 Å². The standard InChI is InChI=1S/C15H14FN3O.C14H14N2O3/c1-3-11-10(2)18-14-8-9-17-19(14)15(11)20-13-7-5-4-6-12(13)16;1-18-10-6-9(7-11(8-10)19-2)12-4-3-5-13(16-12)14(15)17/h4-9H,3H2,1-2H3;3-8H,1-2H3,(H2,15,17). The number of ether oxygens (including phenoxy) is 3. The SMILES string of the molecule is CCc1c(C)nc2ccnn2c1Oc1ccccc1F.COc1cc(OC)cc(-c2cccc(C(N)=O)n2)c1. The van der Waals surface area contributed by atoms with Gasteiger partial charge >= 0.3 is 0 Å². The maximum Gasteiger partial charge on any atom is 0.267 e. The van der Waals surface area contributed by atoms with Crippen LogP contribution in [0.4, 0.5) is 4.39 Å². The second-order valence-electron chi connectivity index (χ2n) is 8.34. The van der Waals surface area contributed by atoms with Gasteiger partial charge in [0.25, 0.3) is 5.91 Å². The molecule has 0 atom stereocenters. The van der Waals surface area contributed by atoms with Crippen LogP contribution in [0.1, 0.15) is 28.7 Å². The molecule has 5 rings (SSSR count). The Morgan fingerprint density at radius 2 is 1.69 bits per heavy atom. The Morgan fingerprint density at radius 1 is 0.974 bits per heavy atom. The van der Waals surface area contributed by atoms with Gasteiger partial charge in [-0.05, 0) is 49.7 Å². The van der Waals surface area contributed by atoms with Crippen molar-refractivity contribution < 1.29 is 23.4 Å². The Kier molecular flexibility index (Phi) is 8.35. The normalized spacial score (nSPS) is 10.5. The second-order valence-corrected chi connectivity index (χ2v) is 8.34. The first-order valence-electron chi connectivity index (χ1n) is 12.1. The Bertz CT molecular complexity index is 1600. The monoisotopic (exact) mass is 529 g/mol. The van der Waals surface area contributed by atoms with Crippen LogP contribution >= 0.6 is 0 Å². The zero-order valence-corrected chi connectivity index (χ0v) is 22.0. The topological polar surface area (TPSA) is 114 Å². The molecule has 10 heteroatoms. The van der Waals surface area contributed by atoms with E-state index in [-0.39, 0.29) is 11.4 Å². The Balaban J connectivity index is 0.000000181. The Labute approximate surface area is 225 Å². The van der Waals surface area contributed by atoms with Crippen LogP contribution in [0, 0.1) is 12.7 Å². The molecule has 0 spiro atoms. The van der Waals surface area contributed by atoms with E-state index >= 15 is 0 Å². The van der Waals surface area contributed by atoms with Crippen molar-refractivity contribution in [3.8, 4) is 34.4 Å². The molecule has 39 heavy (non-hydrogen) atoms. The van der Waals surface area contributed by atoms with Gasteiger partial charge in [0.1, 0.15) is 17.2 Å². The number of para-hydroxylation sites is 1. The number of hydrogen-bond acceptors (Lipinski definition) is 7. The molecule has 1 amide bonds. The van der Waals surface area contributed by atoms with Crippen molar-refractivity contribution in [1.82, 2.24) is 19.6 Å². The number of halogens is 1. The maximum absolute atomic E-state index is 13.8. The number of aryl methyl sites for hydroxylation is 1. The molecule has 0 aliphatic carbocycles. The van der Waals surface area contributed by atoms with Gasteiger partial charge in [0.05, 0.1) is 26.1 Å². The summed E-state index contributed by atoms with van der Waals surface area (Å²) in [6.45, 7) is 3.92. The number of hydrogen-bond donors (Lipinski definition) is 1. The first-order chi connectivity index (χ1) is 18.8. The van der Waals surface area contributed by atoms with Gasteiger partial charge in [0, 0.05) is 29.0 Å². The zero-order chi connectivity index (χ0) is 27.9. The minimum absolute atomic E-state index is 0.185. The first kappa shape index (κ1) is 27.1. The van der Waals surface area contributed by atoms with E-state index in [0.29, 0.717) is 28.7 Å². The highest BCUT2D eigenvalue weighted by molar-refractivity contribution is 5.91. The Hall–Kier alpha value is -4.99. The summed E-state index contributed by atoms with van der Waals surface area (Å²) in [6, 6.07) is 18.6. The minimum atomic E-state index is -0.559. The number of nitrogens with zero attached hydrogens (tertiary/aromatic N) is 4. The quantitative estimate of drug-likeness (QED) is 0.300. The number of aromatic nitrogens is 4. The van der Waals surface area contributed by atoms with Gasteiger partial charge in [-0.15, -0.1) is 0 Å². The number of methoxy groups -OCH3 is 2. The van der Waals surface area contributed by atoms with E-state index < -0.39 is 11.7 Å². The van der Waals surface area contributed by atoms with Gasteiger partial charge in [-0.3, -0.25) is 4.79 Å². The first-order valence-corrected chi connectivity index (χ1v) is 12.1. The molecular weight excluding hydrogens is 501 g/mol. The molecule has 200 valence electrons. The van der Waals surface area contributed by atoms with E-state index in [2.05, 4.69) is 15.1 Å². The average molecular weight is 530 g/mol. The molecule has 3 aromatic heterocycles. The van der Waals surface area contributed by atoms with Crippen LogP contribution in [-0.4, -0.2) is 39.7 Å². The van der Waals surface area contributed by atoms with Crippen LogP contribution in [-0.2, 0) is 6.42 Å². The highest BCUT2D eigenvalue weighted by atomic mass is 19.1. The van der Waals surface area contributed by atoms with E-state index in [1.165, 1.54) is 6.07 Å². The lowest BCUT2D eigenvalue weighted by atomic mass is 10.1. The summed E-state index contributed by atoms with van der Waals surface area (Å²) in [5.74, 6) is 1.05. The van der Waals surface area contributed by atoms with Crippen molar-refractivity contribution >= 4 is 11.6 Å². The van der Waals surface area contributed by atoms with Crippen molar-refractivity contribution in [2.75, 3.05) is 14.2 Å². The lowest BCUT2D eigenvalue weighted by molar-refractivity contribution is 0.0995. The number of fused-ring (bicyclic) bond motifs is 1. The third-order valence-electron chi connectivity index (χ3n) is 5.84. The van der Waals surface area contributed by atoms with E-state index in [0.717, 1.165) is 23.2 Å². The van der Waals surface area contributed by atoms with Gasteiger partial charge in [-0.1, -0.05) is 25.1 Å². The number of carbonyl (C=O) groups excluding carboxylic acids is 1. The average Bonchev–Trinajstić information content (AvgIpc) is 3.42. The number of primary amides is 1. The smallest absolute Gasteiger partial charge is 0.267 e. The number of pyridine rings is 1. The molecule has 2 aromatic carbocycles. The fraction of sp³-hybridized carbons (Fsp3) is 0.172. The predicted octanol–water partition coefficient (Wildman–Crippen LogP) is 5.40. The zero-order valence-electron chi connectivity index (χ0n) is 22.0. The van der Waals surface area contributed by atoms with Gasteiger partial charge in [0.2, 0.25) is 5.88 Å². The molecular formula is C29H28FN5O4. The molecule has 0 bridgehead atoms. The molecule has 2 N–H and O–H groups in total. The predicted molar refractivity (Wildman–Crippen MR) is 145 cm³/mol. The van der Waals surface area contributed by atoms with Crippen molar-refractivity contribution in [3.05, 3.63) is 95.7 Å². The van der Waals surface area contributed by atoms with E-state index in [1.807, 2.05) is 26.0 Å². The molecule has 9 nitrogen and oxygen atoms in total. The van der Waals surface area contributed by atoms with Crippen molar-refractivity contribution in [2.24, 2.45) is 5.73 Å². The highest BCUT2D eigenvalue weighted by Crippen LogP contribution is 2.30. The number of rotatable bonds is 7. The third-order valence-corrected chi connectivity index (χ3v) is 5.84. The molecule has 0 fully saturated rings. The van der Waals surface area contributed by atoms with Crippen LogP contribution in [0.15, 0.2) is 72.9 Å². The van der Waals surface area contributed by atoms with Gasteiger partial charge < -0.3 is 19.9 Å². The summed E-state index contributed by atoms with van der Waals surface area (Å²) >= 11 is 0. The lowest BCUT2D eigenvalue weighted by Crippen LogP contribution is -2.13. The van der Waals surface area contributed by atoms with Crippen LogP contribution in [0.5, 0.6) is 23.1 Å². The van der Waals surface area contributed by atoms with E-state index in [9.17, 15) is 9.18 Å². The van der Waals surface area contributed by atoms with Gasteiger partial charge in [-0.25, -0.2) is 14.4 Å². The summed E-state index contributed by atoms with van der Waals surface area (Å²) in [4.78, 5) is 19.8. The van der Waals surface area contributed by atoms with Gasteiger partial charge in [0.15, 0.2) is 17.2 Å². The second kappa shape index (κ2) is 12.0. The summed E-state index contributed by atoms with van der Waals surface area (Å²) in [5, 5.41) is 4.20. The number of benzene rings is 2. The summed E-state index contributed by atoms with van der Waals surface area (Å²) in [5.41, 5.74) is 9.34. The summed E-state index contributed by atoms with van der Waals surface area (Å²) < 4.78 is 31.5. The molecule has 0 saturated carbocycles. The molecule has 0 aliphatic rings. The number of amides is 1. The largest absolute Gasteiger partial charge is 0.497 e. The van der Waals surface area contributed by atoms with Crippen LogP contribution < -0.4 is 19.9 Å².